The molecule has 6 aromatic rings. The fraction of sp³-hybridized carbons (Fsp3) is 0.318. The number of hydrogen-bond donors (Lipinski definition) is 2. The second-order valence-corrected chi connectivity index (χ2v) is 14.4. The molecule has 0 bridgehead atoms. The van der Waals surface area contributed by atoms with Gasteiger partial charge >= 0.3 is 0 Å². The van der Waals surface area contributed by atoms with E-state index in [1.54, 1.807) is 0 Å². The molecule has 2 N–H and O–H groups in total. The molecule has 0 aliphatic rings. The van der Waals surface area contributed by atoms with Crippen molar-refractivity contribution >= 4 is 33.2 Å². The van der Waals surface area contributed by atoms with Crippen LogP contribution in [0.25, 0.3) is 21.8 Å². The van der Waals surface area contributed by atoms with Gasteiger partial charge in [-0.15, -0.1) is 10.2 Å². The average Bonchev–Trinajstić information content (AvgIpc) is 3.15. The Morgan fingerprint density at radius 1 is 0.453 bits per heavy atom. The number of pyridine rings is 2. The van der Waals surface area contributed by atoms with E-state index in [9.17, 15) is 0 Å². The maximum absolute atomic E-state index is 8.49. The van der Waals surface area contributed by atoms with Crippen LogP contribution in [0.4, 0.5) is 11.4 Å². The van der Waals surface area contributed by atoms with Crippen LogP contribution in [0.5, 0.6) is 0 Å². The van der Waals surface area contributed by atoms with Gasteiger partial charge in [-0.1, -0.05) is 111 Å². The first-order chi connectivity index (χ1) is 25.7. The zero-order valence-electron chi connectivity index (χ0n) is 30.9. The lowest BCUT2D eigenvalue weighted by Gasteiger charge is -2.17. The van der Waals surface area contributed by atoms with Crippen LogP contribution in [0, 0.1) is 24.1 Å². The Balaban J connectivity index is 0.00000101. The summed E-state index contributed by atoms with van der Waals surface area (Å²) in [6.07, 6.45) is 10.4. The van der Waals surface area contributed by atoms with Gasteiger partial charge in [0.1, 0.15) is 13.1 Å². The third-order valence-electron chi connectivity index (χ3n) is 9.69. The van der Waals surface area contributed by atoms with E-state index in [0.717, 1.165) is 26.2 Å². The molecule has 0 atom stereocenters. The summed E-state index contributed by atoms with van der Waals surface area (Å²) in [6, 6.07) is 43.6. The van der Waals surface area contributed by atoms with E-state index in [1.807, 2.05) is 0 Å². The van der Waals surface area contributed by atoms with Crippen molar-refractivity contribution in [2.75, 3.05) is 10.6 Å². The highest BCUT2D eigenvalue weighted by Crippen LogP contribution is 2.25. The molecule has 278 valence electrons. The number of para-hydroxylation sites is 2. The maximum atomic E-state index is 8.49. The normalized spacial score (nSPS) is 11.4. The van der Waals surface area contributed by atoms with Gasteiger partial charge in [-0.2, -0.15) is 9.13 Å². The number of fused-ring (bicyclic) bond motifs is 2. The third-order valence-corrected chi connectivity index (χ3v) is 9.69. The minimum absolute atomic E-state index is 0.837. The van der Waals surface area contributed by atoms with Crippen molar-refractivity contribution in [3.63, 3.8) is 0 Å². The van der Waals surface area contributed by atoms with E-state index in [2.05, 4.69) is 155 Å². The van der Waals surface area contributed by atoms with Crippen LogP contribution in [0.1, 0.15) is 73.9 Å². The van der Waals surface area contributed by atoms with Crippen LogP contribution >= 0.6 is 0 Å². The molecule has 8 nitrogen and oxygen atoms in total. The lowest BCUT2D eigenvalue weighted by molar-refractivity contribution is -2.00. The van der Waals surface area contributed by atoms with Crippen molar-refractivity contribution in [3.05, 3.63) is 144 Å². The molecule has 0 unspecified atom stereocenters. The van der Waals surface area contributed by atoms with E-state index >= 15 is 0 Å². The monoisotopic (exact) mass is 735 g/mol. The quantitative estimate of drug-likeness (QED) is 0.0946. The molecular formula is C44H52ClN4O4+. The van der Waals surface area contributed by atoms with Crippen LogP contribution in [-0.2, 0) is 26.2 Å². The molecular weight excluding hydrogens is 684 g/mol. The minimum Gasteiger partial charge on any atom is -0.380 e. The van der Waals surface area contributed by atoms with Gasteiger partial charge in [0.05, 0.1) is 22.1 Å². The highest BCUT2D eigenvalue weighted by Gasteiger charge is 2.18. The second kappa shape index (κ2) is 20.0. The summed E-state index contributed by atoms with van der Waals surface area (Å²) >= 11 is 0. The highest BCUT2D eigenvalue weighted by molar-refractivity contribution is 5.90. The molecule has 4 aromatic carbocycles. The van der Waals surface area contributed by atoms with Gasteiger partial charge < -0.3 is 10.6 Å². The summed E-state index contributed by atoms with van der Waals surface area (Å²) in [7, 11) is -4.94. The van der Waals surface area contributed by atoms with Crippen molar-refractivity contribution in [2.45, 2.75) is 91.4 Å². The van der Waals surface area contributed by atoms with Gasteiger partial charge in [0.25, 0.3) is 0 Å². The standard InChI is InChI=1S/C44H50N4.ClHO4/c1-35-31-41(45-33-37-21-11-9-12-22-37)39-25-15-17-27-43(39)47(35)29-19-7-5-3-4-6-8-20-30-48-36(2)32-42(40-26-16-18-28-44(40)48)46-34-38-23-13-10-14-24-38;2-1(3,4)5/h9-18,21-28,31-32H,3-8,19-20,29-30,33-34H2,1-2H3;(H,2,3,4,5)/p+1. The highest BCUT2D eigenvalue weighted by atomic mass is 35.7. The first-order valence-corrected chi connectivity index (χ1v) is 19.9. The molecule has 0 saturated carbocycles. The number of nitrogens with zero attached hydrogens (tertiary/aromatic N) is 2. The number of unbranched alkanes of at least 4 members (excludes halogenated alkanes) is 7. The van der Waals surface area contributed by atoms with Crippen molar-refractivity contribution < 1.29 is 38.0 Å². The lowest BCUT2D eigenvalue weighted by atomic mass is 10.1. The number of aryl methyl sites for hydroxylation is 4. The van der Waals surface area contributed by atoms with Crippen molar-refractivity contribution in [1.29, 1.82) is 0 Å². The summed E-state index contributed by atoms with van der Waals surface area (Å²) < 4.78 is 39.0. The van der Waals surface area contributed by atoms with Crippen LogP contribution in [0.3, 0.4) is 0 Å². The van der Waals surface area contributed by atoms with Gasteiger partial charge in [0, 0.05) is 64.0 Å². The molecule has 0 spiro atoms. The van der Waals surface area contributed by atoms with E-state index < -0.39 is 10.2 Å². The Morgan fingerprint density at radius 2 is 0.774 bits per heavy atom. The average molecular weight is 736 g/mol. The number of nitrogens with one attached hydrogen (secondary N) is 2. The summed E-state index contributed by atoms with van der Waals surface area (Å²) in [5.41, 5.74) is 10.3. The molecule has 0 radical (unpaired) electrons. The van der Waals surface area contributed by atoms with Gasteiger partial charge in [0.2, 0.25) is 11.0 Å². The van der Waals surface area contributed by atoms with Crippen molar-refractivity contribution in [1.82, 2.24) is 0 Å². The molecule has 6 rings (SSSR count). The van der Waals surface area contributed by atoms with Crippen molar-refractivity contribution in [3.8, 4) is 0 Å². The first kappa shape index (κ1) is 39.6. The number of anilines is 2. The van der Waals surface area contributed by atoms with Crippen LogP contribution < -0.4 is 38.4 Å². The van der Waals surface area contributed by atoms with Gasteiger partial charge in [-0.3, -0.25) is 0 Å². The van der Waals surface area contributed by atoms with Gasteiger partial charge in [-0.25, -0.2) is 18.6 Å². The van der Waals surface area contributed by atoms with Gasteiger partial charge in [0.15, 0.2) is 11.4 Å². The van der Waals surface area contributed by atoms with E-state index in [1.165, 1.54) is 107 Å². The third kappa shape index (κ3) is 12.5. The molecule has 0 aliphatic heterocycles. The first-order valence-electron chi connectivity index (χ1n) is 18.7. The molecule has 0 amide bonds. The maximum Gasteiger partial charge on any atom is 0.214 e. The molecule has 0 fully saturated rings. The fourth-order valence-electron chi connectivity index (χ4n) is 7.06. The predicted molar refractivity (Wildman–Crippen MR) is 202 cm³/mol. The largest absolute Gasteiger partial charge is 0.380 e. The van der Waals surface area contributed by atoms with Crippen LogP contribution in [-0.4, -0.2) is 0 Å². The molecule has 9 heteroatoms. The molecule has 2 aromatic heterocycles. The summed E-state index contributed by atoms with van der Waals surface area (Å²) in [4.78, 5) is 0. The van der Waals surface area contributed by atoms with E-state index in [0.29, 0.717) is 0 Å². The topological polar surface area (TPSA) is 124 Å². The Kier molecular flexibility index (Phi) is 15.0. The molecule has 53 heavy (non-hydrogen) atoms. The molecule has 0 aliphatic carbocycles. The SMILES string of the molecule is Cc1cc(NCc2ccccc2)c2ccccc2[n+]1CCCCCCCCCC[n+]1c(C)cc(NCc2ccccc2)c2ccccc21.[O-][Cl+3]([O-])([O-])[O-]. The molecule has 0 saturated heterocycles. The Hall–Kier alpha value is -4.57. The van der Waals surface area contributed by atoms with E-state index in [4.69, 9.17) is 18.6 Å². The summed E-state index contributed by atoms with van der Waals surface area (Å²) in [5.74, 6) is 0. The molecule has 2 heterocycles. The lowest BCUT2D eigenvalue weighted by Crippen LogP contribution is -2.68. The Morgan fingerprint density at radius 3 is 1.15 bits per heavy atom. The summed E-state index contributed by atoms with van der Waals surface area (Å²) in [5, 5.41) is 9.99. The van der Waals surface area contributed by atoms with E-state index in [-0.39, 0.29) is 0 Å². The van der Waals surface area contributed by atoms with Crippen molar-refractivity contribution in [2.24, 2.45) is 0 Å². The smallest absolute Gasteiger partial charge is 0.214 e. The number of halogens is 1. The number of aromatic nitrogens is 2. The summed E-state index contributed by atoms with van der Waals surface area (Å²) in [6.45, 7) is 8.33. The second-order valence-electron chi connectivity index (χ2n) is 13.6. The zero-order valence-corrected chi connectivity index (χ0v) is 31.7. The predicted octanol–water partition coefficient (Wildman–Crippen LogP) is 5.47. The van der Waals surface area contributed by atoms with Gasteiger partial charge in [-0.05, 0) is 36.1 Å². The zero-order chi connectivity index (χ0) is 37.5. The Bertz CT molecular complexity index is 1870. The number of benzene rings is 4. The number of hydrogen-bond acceptors (Lipinski definition) is 6. The minimum atomic E-state index is -4.94. The van der Waals surface area contributed by atoms with Crippen LogP contribution in [0.15, 0.2) is 121 Å². The fourth-order valence-corrected chi connectivity index (χ4v) is 7.06. The Labute approximate surface area is 316 Å². The van der Waals surface area contributed by atoms with Crippen LogP contribution in [0.2, 0.25) is 0 Å². The number of rotatable bonds is 17.